The number of aliphatic carboxylic acids is 1. The highest BCUT2D eigenvalue weighted by Gasteiger charge is 2.43. The quantitative estimate of drug-likeness (QED) is 0.656. The molecule has 1 amide bonds. The van der Waals surface area contributed by atoms with Gasteiger partial charge in [-0.3, -0.25) is 4.79 Å². The second-order valence-corrected chi connectivity index (χ2v) is 9.16. The lowest BCUT2D eigenvalue weighted by atomic mass is 9.80. The maximum atomic E-state index is 13.4. The second kappa shape index (κ2) is 8.35. The van der Waals surface area contributed by atoms with E-state index in [-0.39, 0.29) is 11.8 Å². The molecule has 28 heavy (non-hydrogen) atoms. The van der Waals surface area contributed by atoms with Crippen LogP contribution in [0.3, 0.4) is 0 Å². The Morgan fingerprint density at radius 3 is 2.68 bits per heavy atom. The summed E-state index contributed by atoms with van der Waals surface area (Å²) in [6.45, 7) is 5.98. The van der Waals surface area contributed by atoms with Gasteiger partial charge in [-0.05, 0) is 60.7 Å². The van der Waals surface area contributed by atoms with Crippen molar-refractivity contribution < 1.29 is 14.7 Å². The van der Waals surface area contributed by atoms with Crippen molar-refractivity contribution in [2.75, 3.05) is 5.32 Å². The smallest absolute Gasteiger partial charge is 0.326 e. The number of amides is 1. The van der Waals surface area contributed by atoms with E-state index in [0.717, 1.165) is 17.7 Å². The summed E-state index contributed by atoms with van der Waals surface area (Å²) in [6.07, 6.45) is 2.35. The first-order valence-electron chi connectivity index (χ1n) is 9.73. The Balaban J connectivity index is 1.91. The van der Waals surface area contributed by atoms with Crippen LogP contribution in [0, 0.1) is 12.8 Å². The number of aryl methyl sites for hydroxylation is 2. The minimum atomic E-state index is -0.986. The van der Waals surface area contributed by atoms with Gasteiger partial charge in [0.05, 0.1) is 0 Å². The summed E-state index contributed by atoms with van der Waals surface area (Å²) in [5, 5.41) is 17.9. The molecular formula is C22H28N2O3S. The van der Waals surface area contributed by atoms with Crippen LogP contribution in [-0.4, -0.2) is 28.6 Å². The first-order valence-corrected chi connectivity index (χ1v) is 10.6. The maximum Gasteiger partial charge on any atom is 0.326 e. The Morgan fingerprint density at radius 2 is 2.04 bits per heavy atom. The van der Waals surface area contributed by atoms with E-state index in [4.69, 9.17) is 0 Å². The van der Waals surface area contributed by atoms with E-state index in [9.17, 15) is 14.7 Å². The van der Waals surface area contributed by atoms with Crippen LogP contribution in [0.5, 0.6) is 0 Å². The molecule has 150 valence electrons. The average Bonchev–Trinajstić information content (AvgIpc) is 3.05. The third kappa shape index (κ3) is 4.38. The van der Waals surface area contributed by atoms with Crippen LogP contribution < -0.4 is 10.6 Å². The van der Waals surface area contributed by atoms with Gasteiger partial charge in [0.15, 0.2) is 0 Å². The zero-order valence-corrected chi connectivity index (χ0v) is 17.4. The van der Waals surface area contributed by atoms with Crippen LogP contribution in [0.25, 0.3) is 0 Å². The fourth-order valence-corrected chi connectivity index (χ4v) is 4.55. The molecule has 5 nitrogen and oxygen atoms in total. The summed E-state index contributed by atoms with van der Waals surface area (Å²) in [4.78, 5) is 26.3. The van der Waals surface area contributed by atoms with Gasteiger partial charge in [-0.1, -0.05) is 32.0 Å². The van der Waals surface area contributed by atoms with E-state index in [1.165, 1.54) is 10.4 Å². The Hall–Kier alpha value is -2.34. The molecule has 1 aliphatic rings. The summed E-state index contributed by atoms with van der Waals surface area (Å²) in [7, 11) is 0. The van der Waals surface area contributed by atoms with Gasteiger partial charge in [0.25, 0.3) is 0 Å². The fraction of sp³-hybridized carbons (Fsp3) is 0.455. The van der Waals surface area contributed by atoms with Gasteiger partial charge in [-0.2, -0.15) is 0 Å². The van der Waals surface area contributed by atoms with Crippen molar-refractivity contribution in [3.05, 3.63) is 51.7 Å². The molecule has 0 spiro atoms. The van der Waals surface area contributed by atoms with Crippen molar-refractivity contribution in [2.45, 2.75) is 58.0 Å². The highest BCUT2D eigenvalue weighted by molar-refractivity contribution is 7.10. The Bertz CT molecular complexity index is 861. The van der Waals surface area contributed by atoms with Crippen molar-refractivity contribution >= 4 is 28.9 Å². The molecule has 3 N–H and O–H groups in total. The average molecular weight is 401 g/mol. The minimum absolute atomic E-state index is 0.177. The van der Waals surface area contributed by atoms with Crippen LogP contribution in [0.1, 0.15) is 42.7 Å². The van der Waals surface area contributed by atoms with Gasteiger partial charge in [-0.15, -0.1) is 11.3 Å². The predicted octanol–water partition coefficient (Wildman–Crippen LogP) is 4.01. The number of carbonyl (C=O) groups excluding carboxylic acids is 1. The van der Waals surface area contributed by atoms with Gasteiger partial charge in [-0.25, -0.2) is 4.79 Å². The monoisotopic (exact) mass is 400 g/mol. The SMILES string of the molecule is Cc1sccc1CC1(C(=O)NC(CC(C)C)C(=O)O)CCc2ccccc2N1. The van der Waals surface area contributed by atoms with Crippen LogP contribution >= 0.6 is 11.3 Å². The molecule has 6 heteroatoms. The lowest BCUT2D eigenvalue weighted by Gasteiger charge is -2.39. The Kier molecular flexibility index (Phi) is 6.08. The summed E-state index contributed by atoms with van der Waals surface area (Å²) < 4.78 is 0. The third-order valence-electron chi connectivity index (χ3n) is 5.42. The standard InChI is InChI=1S/C22H28N2O3S/c1-14(2)12-19(20(25)26)23-21(27)22(13-17-9-11-28-15(17)3)10-8-16-6-4-5-7-18(16)24-22/h4-7,9,11,14,19,24H,8,10,12-13H2,1-3H3,(H,23,27)(H,25,26). The van der Waals surface area contributed by atoms with Crippen molar-refractivity contribution in [1.82, 2.24) is 5.32 Å². The molecule has 0 radical (unpaired) electrons. The van der Waals surface area contributed by atoms with Crippen molar-refractivity contribution in [3.63, 3.8) is 0 Å². The molecule has 2 aromatic rings. The van der Waals surface area contributed by atoms with Gasteiger partial charge in [0.2, 0.25) is 5.91 Å². The lowest BCUT2D eigenvalue weighted by molar-refractivity contribution is -0.143. The first kappa shape index (κ1) is 20.4. The van der Waals surface area contributed by atoms with Crippen molar-refractivity contribution in [2.24, 2.45) is 5.92 Å². The number of nitrogens with one attached hydrogen (secondary N) is 2. The molecule has 2 unspecified atom stereocenters. The Labute approximate surface area is 170 Å². The molecule has 2 atom stereocenters. The van der Waals surface area contributed by atoms with E-state index in [1.54, 1.807) is 11.3 Å². The van der Waals surface area contributed by atoms with Crippen molar-refractivity contribution in [1.29, 1.82) is 0 Å². The minimum Gasteiger partial charge on any atom is -0.480 e. The number of fused-ring (bicyclic) bond motifs is 1. The van der Waals surface area contributed by atoms with E-state index in [0.29, 0.717) is 19.3 Å². The summed E-state index contributed by atoms with van der Waals surface area (Å²) in [5.41, 5.74) is 2.41. The number of rotatable bonds is 7. The number of carbonyl (C=O) groups is 2. The van der Waals surface area contributed by atoms with Gasteiger partial charge in [0.1, 0.15) is 11.6 Å². The third-order valence-corrected chi connectivity index (χ3v) is 6.30. The summed E-state index contributed by atoms with van der Waals surface area (Å²) in [6, 6.07) is 9.18. The first-order chi connectivity index (χ1) is 13.3. The van der Waals surface area contributed by atoms with E-state index in [2.05, 4.69) is 29.7 Å². The van der Waals surface area contributed by atoms with Gasteiger partial charge >= 0.3 is 5.97 Å². The molecule has 2 heterocycles. The molecule has 0 fully saturated rings. The number of benzene rings is 1. The molecule has 0 aliphatic carbocycles. The number of hydrogen-bond donors (Lipinski definition) is 3. The van der Waals surface area contributed by atoms with Crippen LogP contribution in [0.4, 0.5) is 5.69 Å². The zero-order chi connectivity index (χ0) is 20.3. The fourth-order valence-electron chi connectivity index (χ4n) is 3.82. The summed E-state index contributed by atoms with van der Waals surface area (Å²) >= 11 is 1.66. The molecule has 1 aromatic carbocycles. The summed E-state index contributed by atoms with van der Waals surface area (Å²) in [5.74, 6) is -1.04. The highest BCUT2D eigenvalue weighted by Crippen LogP contribution is 2.35. The second-order valence-electron chi connectivity index (χ2n) is 8.04. The van der Waals surface area contributed by atoms with Gasteiger partial charge in [0, 0.05) is 17.0 Å². The zero-order valence-electron chi connectivity index (χ0n) is 16.6. The van der Waals surface area contributed by atoms with Crippen LogP contribution in [0.15, 0.2) is 35.7 Å². The lowest BCUT2D eigenvalue weighted by Crippen LogP contribution is -2.59. The number of carboxylic acids is 1. The molecule has 0 bridgehead atoms. The number of hydrogen-bond acceptors (Lipinski definition) is 4. The molecule has 0 saturated carbocycles. The van der Waals surface area contributed by atoms with E-state index in [1.807, 2.05) is 37.4 Å². The van der Waals surface area contributed by atoms with E-state index >= 15 is 0 Å². The molecule has 1 aromatic heterocycles. The number of anilines is 1. The van der Waals surface area contributed by atoms with Crippen LogP contribution in [-0.2, 0) is 22.4 Å². The molecule has 3 rings (SSSR count). The normalized spacial score (nSPS) is 19.6. The number of thiophene rings is 1. The number of para-hydroxylation sites is 1. The molecule has 0 saturated heterocycles. The van der Waals surface area contributed by atoms with Crippen LogP contribution in [0.2, 0.25) is 0 Å². The maximum absolute atomic E-state index is 13.4. The topological polar surface area (TPSA) is 78.4 Å². The van der Waals surface area contributed by atoms with Gasteiger partial charge < -0.3 is 15.7 Å². The largest absolute Gasteiger partial charge is 0.480 e. The molecule has 1 aliphatic heterocycles. The highest BCUT2D eigenvalue weighted by atomic mass is 32.1. The van der Waals surface area contributed by atoms with E-state index < -0.39 is 17.6 Å². The Morgan fingerprint density at radius 1 is 1.29 bits per heavy atom. The predicted molar refractivity (Wildman–Crippen MR) is 113 cm³/mol. The molecular weight excluding hydrogens is 372 g/mol. The van der Waals surface area contributed by atoms with Crippen molar-refractivity contribution in [3.8, 4) is 0 Å². The number of carboxylic acid groups (broad SMARTS) is 1.